The van der Waals surface area contributed by atoms with Crippen LogP contribution in [0.1, 0.15) is 46.2 Å². The molecule has 0 aliphatic carbocycles. The van der Waals surface area contributed by atoms with Crippen molar-refractivity contribution in [1.29, 1.82) is 0 Å². The van der Waals surface area contributed by atoms with Crippen LogP contribution in [0.25, 0.3) is 0 Å². The van der Waals surface area contributed by atoms with Gasteiger partial charge in [0.25, 0.3) is 5.91 Å². The van der Waals surface area contributed by atoms with Gasteiger partial charge in [-0.25, -0.2) is 0 Å². The van der Waals surface area contributed by atoms with Crippen molar-refractivity contribution in [3.63, 3.8) is 0 Å². The fourth-order valence-electron chi connectivity index (χ4n) is 4.25. The van der Waals surface area contributed by atoms with Crippen LogP contribution in [0.15, 0.2) is 49.1 Å². The first-order valence-electron chi connectivity index (χ1n) is 9.23. The number of aryl methyl sites for hydroxylation is 1. The Bertz CT molecular complexity index is 942. The molecule has 6 heteroatoms. The van der Waals surface area contributed by atoms with E-state index in [1.54, 1.807) is 12.4 Å². The van der Waals surface area contributed by atoms with Gasteiger partial charge in [0.05, 0.1) is 23.5 Å². The summed E-state index contributed by atoms with van der Waals surface area (Å²) < 4.78 is 4.23. The van der Waals surface area contributed by atoms with Crippen LogP contribution < -0.4 is 0 Å². The number of hydrogen-bond donors (Lipinski definition) is 0. The van der Waals surface area contributed by atoms with E-state index in [0.717, 1.165) is 54.9 Å². The smallest absolute Gasteiger partial charge is 0.258 e. The van der Waals surface area contributed by atoms with Crippen LogP contribution in [-0.4, -0.2) is 36.7 Å². The molecule has 1 unspecified atom stereocenters. The molecule has 0 fully saturated rings. The molecule has 0 saturated carbocycles. The molecule has 1 amide bonds. The zero-order chi connectivity index (χ0) is 17.5. The van der Waals surface area contributed by atoms with Crippen LogP contribution in [0.4, 0.5) is 0 Å². The van der Waals surface area contributed by atoms with E-state index in [1.165, 1.54) is 0 Å². The number of amides is 1. The molecule has 0 radical (unpaired) electrons. The van der Waals surface area contributed by atoms with Crippen molar-refractivity contribution < 1.29 is 4.79 Å². The SMILES string of the molecule is O=C(c1cnn2c1CCCC2)N1CCn2cccc2C1c1cccnc1. The van der Waals surface area contributed by atoms with Gasteiger partial charge in [0.1, 0.15) is 0 Å². The largest absolute Gasteiger partial charge is 0.348 e. The molecule has 0 bridgehead atoms. The summed E-state index contributed by atoms with van der Waals surface area (Å²) in [6.07, 6.45) is 10.7. The maximum atomic E-state index is 13.5. The van der Waals surface area contributed by atoms with Crippen molar-refractivity contribution >= 4 is 5.91 Å². The van der Waals surface area contributed by atoms with E-state index < -0.39 is 0 Å². The third-order valence-electron chi connectivity index (χ3n) is 5.51. The predicted molar refractivity (Wildman–Crippen MR) is 96.7 cm³/mol. The molecule has 0 N–H and O–H groups in total. The lowest BCUT2D eigenvalue weighted by Crippen LogP contribution is -2.42. The topological polar surface area (TPSA) is 56.0 Å². The molecular weight excluding hydrogens is 326 g/mol. The van der Waals surface area contributed by atoms with Crippen molar-refractivity contribution in [1.82, 2.24) is 24.2 Å². The molecule has 3 aromatic rings. The first-order chi connectivity index (χ1) is 12.8. The lowest BCUT2D eigenvalue weighted by atomic mass is 9.99. The molecule has 2 aliphatic rings. The first kappa shape index (κ1) is 15.4. The Labute approximate surface area is 152 Å². The molecule has 3 aromatic heterocycles. The van der Waals surface area contributed by atoms with Crippen LogP contribution in [0.2, 0.25) is 0 Å². The minimum atomic E-state index is -0.112. The molecular formula is C20H21N5O. The van der Waals surface area contributed by atoms with E-state index in [-0.39, 0.29) is 11.9 Å². The quantitative estimate of drug-likeness (QED) is 0.716. The van der Waals surface area contributed by atoms with Gasteiger partial charge in [-0.15, -0.1) is 0 Å². The summed E-state index contributed by atoms with van der Waals surface area (Å²) >= 11 is 0. The van der Waals surface area contributed by atoms with Crippen molar-refractivity contribution in [3.05, 3.63) is 71.6 Å². The molecule has 26 heavy (non-hydrogen) atoms. The Morgan fingerprint density at radius 2 is 2.04 bits per heavy atom. The van der Waals surface area contributed by atoms with E-state index in [1.807, 2.05) is 27.9 Å². The zero-order valence-electron chi connectivity index (χ0n) is 14.6. The summed E-state index contributed by atoms with van der Waals surface area (Å²) in [6, 6.07) is 8.02. The Hall–Kier alpha value is -2.89. The fourth-order valence-corrected chi connectivity index (χ4v) is 4.25. The van der Waals surface area contributed by atoms with Crippen molar-refractivity contribution in [2.75, 3.05) is 6.54 Å². The fraction of sp³-hybridized carbons (Fsp3) is 0.350. The number of pyridine rings is 1. The molecule has 0 saturated heterocycles. The Balaban J connectivity index is 1.57. The highest BCUT2D eigenvalue weighted by Gasteiger charge is 2.34. The average molecular weight is 347 g/mol. The normalized spacial score (nSPS) is 19.1. The second-order valence-electron chi connectivity index (χ2n) is 7.00. The molecule has 132 valence electrons. The third-order valence-corrected chi connectivity index (χ3v) is 5.51. The van der Waals surface area contributed by atoms with Crippen LogP contribution in [0.5, 0.6) is 0 Å². The Kier molecular flexibility index (Phi) is 3.62. The summed E-state index contributed by atoms with van der Waals surface area (Å²) in [4.78, 5) is 19.8. The summed E-state index contributed by atoms with van der Waals surface area (Å²) in [5.74, 6) is 0.0782. The summed E-state index contributed by atoms with van der Waals surface area (Å²) in [5, 5.41) is 4.46. The minimum absolute atomic E-state index is 0.0782. The highest BCUT2D eigenvalue weighted by molar-refractivity contribution is 5.95. The van der Waals surface area contributed by atoms with E-state index in [0.29, 0.717) is 6.54 Å². The van der Waals surface area contributed by atoms with E-state index in [2.05, 4.69) is 33.0 Å². The van der Waals surface area contributed by atoms with Crippen molar-refractivity contribution in [2.24, 2.45) is 0 Å². The first-order valence-corrected chi connectivity index (χ1v) is 9.23. The molecule has 6 nitrogen and oxygen atoms in total. The molecule has 0 aromatic carbocycles. The Morgan fingerprint density at radius 1 is 1.08 bits per heavy atom. The van der Waals surface area contributed by atoms with Crippen LogP contribution in [-0.2, 0) is 19.5 Å². The van der Waals surface area contributed by atoms with Gasteiger partial charge >= 0.3 is 0 Å². The summed E-state index contributed by atoms with van der Waals surface area (Å²) in [7, 11) is 0. The van der Waals surface area contributed by atoms with Gasteiger partial charge in [0.15, 0.2) is 0 Å². The predicted octanol–water partition coefficient (Wildman–Crippen LogP) is 2.66. The molecule has 0 spiro atoms. The number of carbonyl (C=O) groups is 1. The van der Waals surface area contributed by atoms with Crippen LogP contribution in [0, 0.1) is 0 Å². The minimum Gasteiger partial charge on any atom is -0.348 e. The van der Waals surface area contributed by atoms with Gasteiger partial charge in [0, 0.05) is 43.9 Å². The lowest BCUT2D eigenvalue weighted by molar-refractivity contribution is 0.0662. The Morgan fingerprint density at radius 3 is 2.92 bits per heavy atom. The molecule has 1 atom stereocenters. The van der Waals surface area contributed by atoms with Crippen molar-refractivity contribution in [2.45, 2.75) is 38.4 Å². The maximum absolute atomic E-state index is 13.5. The van der Waals surface area contributed by atoms with Gasteiger partial charge in [-0.1, -0.05) is 6.07 Å². The third kappa shape index (κ3) is 2.36. The molecule has 5 heterocycles. The van der Waals surface area contributed by atoms with Gasteiger partial charge in [-0.05, 0) is 43.0 Å². The summed E-state index contributed by atoms with van der Waals surface area (Å²) in [5.41, 5.74) is 4.03. The summed E-state index contributed by atoms with van der Waals surface area (Å²) in [6.45, 7) is 2.41. The van der Waals surface area contributed by atoms with E-state index >= 15 is 0 Å². The van der Waals surface area contributed by atoms with Crippen LogP contribution in [0.3, 0.4) is 0 Å². The number of nitrogens with zero attached hydrogens (tertiary/aromatic N) is 5. The maximum Gasteiger partial charge on any atom is 0.258 e. The van der Waals surface area contributed by atoms with E-state index in [9.17, 15) is 4.79 Å². The van der Waals surface area contributed by atoms with Gasteiger partial charge in [-0.3, -0.25) is 14.5 Å². The van der Waals surface area contributed by atoms with Crippen LogP contribution >= 0.6 is 0 Å². The monoisotopic (exact) mass is 347 g/mol. The highest BCUT2D eigenvalue weighted by Crippen LogP contribution is 2.33. The lowest BCUT2D eigenvalue weighted by Gasteiger charge is -2.37. The highest BCUT2D eigenvalue weighted by atomic mass is 16.2. The molecule has 5 rings (SSSR count). The van der Waals surface area contributed by atoms with E-state index in [4.69, 9.17) is 0 Å². The number of fused-ring (bicyclic) bond motifs is 2. The zero-order valence-corrected chi connectivity index (χ0v) is 14.6. The number of hydrogen-bond acceptors (Lipinski definition) is 3. The number of carbonyl (C=O) groups excluding carboxylic acids is 1. The van der Waals surface area contributed by atoms with Crippen molar-refractivity contribution in [3.8, 4) is 0 Å². The number of aromatic nitrogens is 4. The van der Waals surface area contributed by atoms with Gasteiger partial charge in [0.2, 0.25) is 0 Å². The van der Waals surface area contributed by atoms with Gasteiger partial charge in [-0.2, -0.15) is 5.10 Å². The second kappa shape index (κ2) is 6.12. The average Bonchev–Trinajstić information content (AvgIpc) is 3.34. The standard InChI is InChI=1S/C20H21N5O/c26-20(16-14-22-25-10-2-1-6-17(16)25)24-12-11-23-9-4-7-18(23)19(24)15-5-3-8-21-13-15/h3-5,7-9,13-14,19H,1-2,6,10-12H2. The number of rotatable bonds is 2. The molecule has 2 aliphatic heterocycles. The second-order valence-corrected chi connectivity index (χ2v) is 7.00. The van der Waals surface area contributed by atoms with Gasteiger partial charge < -0.3 is 9.47 Å².